The van der Waals surface area contributed by atoms with Crippen LogP contribution in [0.5, 0.6) is 5.75 Å². The van der Waals surface area contributed by atoms with E-state index in [-0.39, 0.29) is 11.5 Å². The van der Waals surface area contributed by atoms with Crippen LogP contribution in [0.3, 0.4) is 0 Å². The van der Waals surface area contributed by atoms with Gasteiger partial charge in [-0.25, -0.2) is 4.39 Å². The van der Waals surface area contributed by atoms with E-state index in [2.05, 4.69) is 4.90 Å². The smallest absolute Gasteiger partial charge is 0.185 e. The topological polar surface area (TPSA) is 42.7 Å². The maximum atomic E-state index is 14.1. The second-order valence-corrected chi connectivity index (χ2v) is 5.36. The highest BCUT2D eigenvalue weighted by Gasteiger charge is 2.12. The van der Waals surface area contributed by atoms with Gasteiger partial charge in [0.05, 0.1) is 0 Å². The van der Waals surface area contributed by atoms with Crippen molar-refractivity contribution < 1.29 is 18.3 Å². The minimum absolute atomic E-state index is 0.223. The third-order valence-corrected chi connectivity index (χ3v) is 3.82. The van der Waals surface area contributed by atoms with Crippen LogP contribution < -0.4 is 4.74 Å². The Morgan fingerprint density at radius 2 is 2.05 bits per heavy atom. The molecule has 0 radical (unpaired) electrons. The molecule has 2 heterocycles. The van der Waals surface area contributed by atoms with E-state index in [1.165, 1.54) is 18.9 Å². The number of ether oxygens (including phenoxy) is 1. The zero-order valence-electron chi connectivity index (χ0n) is 12.3. The average molecular weight is 303 g/mol. The predicted molar refractivity (Wildman–Crippen MR) is 80.7 cm³/mol. The quantitative estimate of drug-likeness (QED) is 0.767. The highest BCUT2D eigenvalue weighted by atomic mass is 19.1. The summed E-state index contributed by atoms with van der Waals surface area (Å²) in [6.45, 7) is 3.50. The number of aldehydes is 1. The molecule has 0 bridgehead atoms. The fraction of sp³-hybridized carbons (Fsp3) is 0.353. The van der Waals surface area contributed by atoms with Crippen LogP contribution in [0.15, 0.2) is 34.7 Å². The monoisotopic (exact) mass is 303 g/mol. The molecule has 1 aromatic carbocycles. The summed E-state index contributed by atoms with van der Waals surface area (Å²) in [7, 11) is 0. The molecule has 3 rings (SSSR count). The summed E-state index contributed by atoms with van der Waals surface area (Å²) in [5.74, 6) is 0.499. The van der Waals surface area contributed by atoms with Crippen molar-refractivity contribution in [2.75, 3.05) is 26.2 Å². The Kier molecular flexibility index (Phi) is 4.53. The van der Waals surface area contributed by atoms with Crippen LogP contribution in [0.4, 0.5) is 4.39 Å². The first kappa shape index (κ1) is 14.8. The lowest BCUT2D eigenvalue weighted by atomic mass is 10.1. The van der Waals surface area contributed by atoms with Gasteiger partial charge in [-0.05, 0) is 56.3 Å². The van der Waals surface area contributed by atoms with Gasteiger partial charge >= 0.3 is 0 Å². The van der Waals surface area contributed by atoms with Gasteiger partial charge in [-0.1, -0.05) is 0 Å². The van der Waals surface area contributed by atoms with Gasteiger partial charge in [0.15, 0.2) is 23.6 Å². The number of halogens is 1. The van der Waals surface area contributed by atoms with Crippen LogP contribution in [0, 0.1) is 5.82 Å². The van der Waals surface area contributed by atoms with Gasteiger partial charge in [0.2, 0.25) is 0 Å². The molecule has 0 aliphatic carbocycles. The molecule has 2 aromatic rings. The number of nitrogens with zero attached hydrogens (tertiary/aromatic N) is 1. The lowest BCUT2D eigenvalue weighted by molar-refractivity contribution is 0.110. The first-order valence-electron chi connectivity index (χ1n) is 7.46. The van der Waals surface area contributed by atoms with Crippen molar-refractivity contribution in [3.05, 3.63) is 41.9 Å². The maximum Gasteiger partial charge on any atom is 0.185 e. The Bertz CT molecular complexity index is 647. The van der Waals surface area contributed by atoms with E-state index < -0.39 is 5.82 Å². The van der Waals surface area contributed by atoms with Crippen molar-refractivity contribution >= 4 is 6.29 Å². The third-order valence-electron chi connectivity index (χ3n) is 3.82. The lowest BCUT2D eigenvalue weighted by Crippen LogP contribution is -2.25. The van der Waals surface area contributed by atoms with Crippen molar-refractivity contribution in [2.24, 2.45) is 0 Å². The Balaban J connectivity index is 1.62. The van der Waals surface area contributed by atoms with Gasteiger partial charge in [0, 0.05) is 12.1 Å². The van der Waals surface area contributed by atoms with Crippen molar-refractivity contribution in [1.29, 1.82) is 0 Å². The average Bonchev–Trinajstić information content (AvgIpc) is 3.19. The number of likely N-dealkylation sites (tertiary alicyclic amines) is 1. The molecule has 1 fully saturated rings. The molecular formula is C17H18FNO3. The summed E-state index contributed by atoms with van der Waals surface area (Å²) in [6, 6.07) is 7.88. The van der Waals surface area contributed by atoms with E-state index >= 15 is 0 Å². The highest BCUT2D eigenvalue weighted by Crippen LogP contribution is 2.27. The fourth-order valence-electron chi connectivity index (χ4n) is 2.63. The summed E-state index contributed by atoms with van der Waals surface area (Å²) < 4.78 is 24.9. The van der Waals surface area contributed by atoms with Gasteiger partial charge in [0.25, 0.3) is 0 Å². The molecule has 0 atom stereocenters. The maximum absolute atomic E-state index is 14.1. The standard InChI is InChI=1S/C17H18FNO3/c18-15-11-13(16-6-4-14(12-20)22-16)3-5-17(15)21-10-9-19-7-1-2-8-19/h3-6,11-12H,1-2,7-10H2. The van der Waals surface area contributed by atoms with Gasteiger partial charge < -0.3 is 9.15 Å². The zero-order valence-corrected chi connectivity index (χ0v) is 12.3. The Morgan fingerprint density at radius 3 is 2.73 bits per heavy atom. The summed E-state index contributed by atoms with van der Waals surface area (Å²) >= 11 is 0. The molecule has 0 saturated carbocycles. The first-order chi connectivity index (χ1) is 10.8. The minimum Gasteiger partial charge on any atom is -0.489 e. The summed E-state index contributed by atoms with van der Waals surface area (Å²) in [4.78, 5) is 12.9. The van der Waals surface area contributed by atoms with Gasteiger partial charge in [-0.2, -0.15) is 0 Å². The lowest BCUT2D eigenvalue weighted by Gasteiger charge is -2.15. The highest BCUT2D eigenvalue weighted by molar-refractivity contribution is 5.72. The number of carbonyl (C=O) groups is 1. The summed E-state index contributed by atoms with van der Waals surface area (Å²) in [6.07, 6.45) is 3.08. The molecule has 4 nitrogen and oxygen atoms in total. The number of furan rings is 1. The van der Waals surface area contributed by atoms with Crippen LogP contribution >= 0.6 is 0 Å². The summed E-state index contributed by atoms with van der Waals surface area (Å²) in [5, 5.41) is 0. The second kappa shape index (κ2) is 6.75. The molecule has 1 aromatic heterocycles. The third kappa shape index (κ3) is 3.36. The van der Waals surface area contributed by atoms with E-state index in [9.17, 15) is 9.18 Å². The Hall–Kier alpha value is -2.14. The van der Waals surface area contributed by atoms with E-state index in [0.717, 1.165) is 19.6 Å². The summed E-state index contributed by atoms with van der Waals surface area (Å²) in [5.41, 5.74) is 0.581. The molecule has 1 saturated heterocycles. The number of benzene rings is 1. The predicted octanol–water partition coefficient (Wildman–Crippen LogP) is 3.37. The number of hydrogen-bond donors (Lipinski definition) is 0. The number of hydrogen-bond acceptors (Lipinski definition) is 4. The SMILES string of the molecule is O=Cc1ccc(-c2ccc(OCCN3CCCC3)c(F)c2)o1. The van der Waals surface area contributed by atoms with Crippen molar-refractivity contribution in [3.8, 4) is 17.1 Å². The minimum atomic E-state index is -0.428. The zero-order chi connectivity index (χ0) is 15.4. The molecular weight excluding hydrogens is 285 g/mol. The first-order valence-corrected chi connectivity index (χ1v) is 7.46. The van der Waals surface area contributed by atoms with Crippen LogP contribution in [-0.2, 0) is 0 Å². The molecule has 0 spiro atoms. The largest absolute Gasteiger partial charge is 0.489 e. The Labute approximate surface area is 128 Å². The van der Waals surface area contributed by atoms with Crippen LogP contribution in [0.1, 0.15) is 23.4 Å². The molecule has 116 valence electrons. The molecule has 0 unspecified atom stereocenters. The van der Waals surface area contributed by atoms with Crippen molar-refractivity contribution in [2.45, 2.75) is 12.8 Å². The number of rotatable bonds is 6. The number of carbonyl (C=O) groups excluding carboxylic acids is 1. The Morgan fingerprint density at radius 1 is 1.23 bits per heavy atom. The normalized spacial score (nSPS) is 15.1. The van der Waals surface area contributed by atoms with Gasteiger partial charge in [-0.15, -0.1) is 0 Å². The van der Waals surface area contributed by atoms with E-state index in [1.807, 2.05) is 0 Å². The van der Waals surface area contributed by atoms with E-state index in [4.69, 9.17) is 9.15 Å². The molecule has 22 heavy (non-hydrogen) atoms. The van der Waals surface area contributed by atoms with Gasteiger partial charge in [-0.3, -0.25) is 9.69 Å². The molecule has 1 aliphatic rings. The molecule has 5 heteroatoms. The second-order valence-electron chi connectivity index (χ2n) is 5.36. The van der Waals surface area contributed by atoms with Crippen LogP contribution in [0.2, 0.25) is 0 Å². The molecule has 1 aliphatic heterocycles. The van der Waals surface area contributed by atoms with Crippen molar-refractivity contribution in [3.63, 3.8) is 0 Å². The molecule has 0 amide bonds. The fourth-order valence-corrected chi connectivity index (χ4v) is 2.63. The van der Waals surface area contributed by atoms with E-state index in [0.29, 0.717) is 24.2 Å². The van der Waals surface area contributed by atoms with Crippen LogP contribution in [-0.4, -0.2) is 37.4 Å². The van der Waals surface area contributed by atoms with E-state index in [1.54, 1.807) is 24.3 Å². The van der Waals surface area contributed by atoms with Gasteiger partial charge in [0.1, 0.15) is 12.4 Å². The van der Waals surface area contributed by atoms with Crippen LogP contribution in [0.25, 0.3) is 11.3 Å². The molecule has 0 N–H and O–H groups in total. The van der Waals surface area contributed by atoms with Crippen molar-refractivity contribution in [1.82, 2.24) is 4.90 Å².